The summed E-state index contributed by atoms with van der Waals surface area (Å²) in [6, 6.07) is 10.7. The molecular weight excluding hydrogens is 499 g/mol. The lowest BCUT2D eigenvalue weighted by atomic mass is 9.95. The number of aliphatic hydroxyl groups excluding tert-OH is 1. The number of benzene rings is 2. The lowest BCUT2D eigenvalue weighted by Gasteiger charge is -2.23. The summed E-state index contributed by atoms with van der Waals surface area (Å²) in [5, 5.41) is 13.6. The topological polar surface area (TPSA) is 70.5 Å². The number of aromatic nitrogens is 1. The maximum Gasteiger partial charge on any atom is 0.301 e. The van der Waals surface area contributed by atoms with E-state index in [-0.39, 0.29) is 16.4 Å². The number of ketones is 1. The van der Waals surface area contributed by atoms with Gasteiger partial charge in [0.2, 0.25) is 0 Å². The normalized spacial score (nSPS) is 18.4. The van der Waals surface area contributed by atoms with E-state index in [1.165, 1.54) is 16.2 Å². The number of anilines is 1. The maximum absolute atomic E-state index is 12.9. The Hall–Kier alpha value is -2.19. The van der Waals surface area contributed by atoms with Gasteiger partial charge < -0.3 is 5.11 Å². The third-order valence-corrected chi connectivity index (χ3v) is 6.49. The summed E-state index contributed by atoms with van der Waals surface area (Å²) in [4.78, 5) is 31.3. The minimum atomic E-state index is -0.889. The maximum atomic E-state index is 12.9. The molecule has 3 aromatic rings. The fourth-order valence-electron chi connectivity index (χ4n) is 3.13. The van der Waals surface area contributed by atoms with Crippen molar-refractivity contribution in [2.75, 3.05) is 4.90 Å². The molecule has 1 aromatic heterocycles. The van der Waals surface area contributed by atoms with E-state index in [0.717, 1.165) is 4.47 Å². The Morgan fingerprint density at radius 2 is 1.83 bits per heavy atom. The van der Waals surface area contributed by atoms with Crippen LogP contribution in [0.1, 0.15) is 17.2 Å². The van der Waals surface area contributed by atoms with Crippen LogP contribution in [0.4, 0.5) is 5.13 Å². The van der Waals surface area contributed by atoms with E-state index in [4.69, 9.17) is 23.2 Å². The number of nitrogens with zero attached hydrogens (tertiary/aromatic N) is 2. The van der Waals surface area contributed by atoms with Gasteiger partial charge in [0.15, 0.2) is 5.13 Å². The van der Waals surface area contributed by atoms with Crippen LogP contribution in [-0.4, -0.2) is 21.8 Å². The number of hydrogen-bond donors (Lipinski definition) is 1. The van der Waals surface area contributed by atoms with E-state index >= 15 is 0 Å². The third-order valence-electron chi connectivity index (χ3n) is 4.45. The summed E-state index contributed by atoms with van der Waals surface area (Å²) in [5.74, 6) is -1.84. The summed E-state index contributed by atoms with van der Waals surface area (Å²) in [6.45, 7) is 0. The van der Waals surface area contributed by atoms with Crippen LogP contribution in [0.5, 0.6) is 0 Å². The molecule has 146 valence electrons. The number of thiazole rings is 1. The van der Waals surface area contributed by atoms with Gasteiger partial charge in [-0.3, -0.25) is 14.5 Å². The smallest absolute Gasteiger partial charge is 0.301 e. The minimum Gasteiger partial charge on any atom is -0.507 e. The van der Waals surface area contributed by atoms with Crippen molar-refractivity contribution < 1.29 is 14.7 Å². The van der Waals surface area contributed by atoms with Crippen molar-refractivity contribution in [1.29, 1.82) is 0 Å². The molecule has 1 saturated heterocycles. The molecule has 1 N–H and O–H groups in total. The molecule has 1 atom stereocenters. The third kappa shape index (κ3) is 3.59. The predicted octanol–water partition coefficient (Wildman–Crippen LogP) is 5.84. The summed E-state index contributed by atoms with van der Waals surface area (Å²) < 4.78 is 0.818. The second kappa shape index (κ2) is 7.91. The van der Waals surface area contributed by atoms with Gasteiger partial charge in [-0.05, 0) is 29.8 Å². The molecule has 0 aliphatic carbocycles. The Morgan fingerprint density at radius 3 is 2.45 bits per heavy atom. The first-order valence-corrected chi connectivity index (χ1v) is 10.7. The Morgan fingerprint density at radius 1 is 1.10 bits per heavy atom. The number of carbonyl (C=O) groups excluding carboxylic acids is 2. The first-order valence-electron chi connectivity index (χ1n) is 8.30. The molecule has 0 saturated carbocycles. The Kier molecular flexibility index (Phi) is 5.48. The van der Waals surface area contributed by atoms with Crippen LogP contribution in [0.3, 0.4) is 0 Å². The molecule has 1 amide bonds. The Bertz CT molecular complexity index is 1150. The molecule has 1 aliphatic rings. The molecule has 2 aromatic carbocycles. The molecule has 0 bridgehead atoms. The van der Waals surface area contributed by atoms with Gasteiger partial charge >= 0.3 is 5.91 Å². The fourth-order valence-corrected chi connectivity index (χ4v) is 4.36. The Labute approximate surface area is 188 Å². The fraction of sp³-hybridized carbons (Fsp3) is 0.0500. The summed E-state index contributed by atoms with van der Waals surface area (Å²) in [5.41, 5.74) is 0.911. The number of amides is 1. The van der Waals surface area contributed by atoms with E-state index < -0.39 is 17.7 Å². The van der Waals surface area contributed by atoms with Crippen molar-refractivity contribution in [3.05, 3.63) is 85.3 Å². The van der Waals surface area contributed by atoms with Gasteiger partial charge in [-0.15, -0.1) is 11.3 Å². The zero-order chi connectivity index (χ0) is 20.7. The molecule has 0 radical (unpaired) electrons. The summed E-state index contributed by atoms with van der Waals surface area (Å²) in [6.07, 6.45) is 1.54. The molecule has 0 spiro atoms. The molecule has 1 aliphatic heterocycles. The van der Waals surface area contributed by atoms with E-state index in [2.05, 4.69) is 20.9 Å². The van der Waals surface area contributed by atoms with Crippen molar-refractivity contribution in [2.45, 2.75) is 6.04 Å². The van der Waals surface area contributed by atoms with Crippen molar-refractivity contribution in [3.8, 4) is 0 Å². The molecule has 2 heterocycles. The van der Waals surface area contributed by atoms with E-state index in [1.807, 2.05) is 0 Å². The second-order valence-electron chi connectivity index (χ2n) is 6.16. The van der Waals surface area contributed by atoms with E-state index in [9.17, 15) is 14.7 Å². The average molecular weight is 510 g/mol. The van der Waals surface area contributed by atoms with Gasteiger partial charge in [-0.25, -0.2) is 4.98 Å². The standard InChI is InChI=1S/C20H11BrCl2N2O3S/c21-12-4-1-10(2-5-12)17(26)15-16(11-3-6-13(22)14(23)9-11)25(19(28)18(15)27)20-24-7-8-29-20/h1-9,16,26H/t16-/m0/s1. The quantitative estimate of drug-likeness (QED) is 0.273. The van der Waals surface area contributed by atoms with E-state index in [1.54, 1.807) is 54.0 Å². The monoisotopic (exact) mass is 508 g/mol. The molecule has 29 heavy (non-hydrogen) atoms. The Balaban J connectivity index is 1.95. The van der Waals surface area contributed by atoms with Crippen LogP contribution in [-0.2, 0) is 9.59 Å². The molecular formula is C20H11BrCl2N2O3S. The second-order valence-corrected chi connectivity index (χ2v) is 8.77. The van der Waals surface area contributed by atoms with Gasteiger partial charge in [0, 0.05) is 21.6 Å². The number of rotatable bonds is 3. The van der Waals surface area contributed by atoms with Crippen molar-refractivity contribution >= 4 is 73.0 Å². The highest BCUT2D eigenvalue weighted by molar-refractivity contribution is 9.10. The molecule has 5 nitrogen and oxygen atoms in total. The highest BCUT2D eigenvalue weighted by atomic mass is 79.9. The zero-order valence-corrected chi connectivity index (χ0v) is 18.4. The lowest BCUT2D eigenvalue weighted by molar-refractivity contribution is -0.132. The highest BCUT2D eigenvalue weighted by Gasteiger charge is 2.48. The molecule has 0 unspecified atom stereocenters. The number of hydrogen-bond acceptors (Lipinski definition) is 5. The largest absolute Gasteiger partial charge is 0.507 e. The molecule has 4 rings (SSSR count). The number of aliphatic hydroxyl groups is 1. The highest BCUT2D eigenvalue weighted by Crippen LogP contribution is 2.43. The number of halogens is 3. The van der Waals surface area contributed by atoms with Crippen LogP contribution in [0.25, 0.3) is 5.76 Å². The summed E-state index contributed by atoms with van der Waals surface area (Å²) >= 11 is 16.8. The van der Waals surface area contributed by atoms with Crippen molar-refractivity contribution in [2.24, 2.45) is 0 Å². The van der Waals surface area contributed by atoms with Crippen LogP contribution >= 0.6 is 50.5 Å². The molecule has 1 fully saturated rings. The minimum absolute atomic E-state index is 0.0362. The predicted molar refractivity (Wildman–Crippen MR) is 118 cm³/mol. The van der Waals surface area contributed by atoms with Crippen LogP contribution in [0.2, 0.25) is 10.0 Å². The van der Waals surface area contributed by atoms with Crippen LogP contribution in [0.15, 0.2) is 64.1 Å². The first-order chi connectivity index (χ1) is 13.9. The first kappa shape index (κ1) is 20.1. The van der Waals surface area contributed by atoms with Crippen LogP contribution in [0, 0.1) is 0 Å². The number of Topliss-reactive ketones (excluding diaryl/α,β-unsaturated/α-hetero) is 1. The molecule has 9 heteroatoms. The van der Waals surface area contributed by atoms with E-state index in [0.29, 0.717) is 21.3 Å². The van der Waals surface area contributed by atoms with Gasteiger partial charge in [0.05, 0.1) is 21.7 Å². The van der Waals surface area contributed by atoms with Gasteiger partial charge in [-0.2, -0.15) is 0 Å². The van der Waals surface area contributed by atoms with Gasteiger partial charge in [-0.1, -0.05) is 57.3 Å². The van der Waals surface area contributed by atoms with Crippen molar-refractivity contribution in [3.63, 3.8) is 0 Å². The SMILES string of the molecule is O=C1C(=O)N(c2nccs2)[C@@H](c2ccc(Cl)c(Cl)c2)C1=C(O)c1ccc(Br)cc1. The summed E-state index contributed by atoms with van der Waals surface area (Å²) in [7, 11) is 0. The zero-order valence-electron chi connectivity index (χ0n) is 14.5. The van der Waals surface area contributed by atoms with Crippen LogP contribution < -0.4 is 4.90 Å². The van der Waals surface area contributed by atoms with Crippen molar-refractivity contribution in [1.82, 2.24) is 4.98 Å². The number of carbonyl (C=O) groups is 2. The average Bonchev–Trinajstić information content (AvgIpc) is 3.31. The van der Waals surface area contributed by atoms with Gasteiger partial charge in [0.1, 0.15) is 5.76 Å². The van der Waals surface area contributed by atoms with Gasteiger partial charge in [0.25, 0.3) is 5.78 Å². The lowest BCUT2D eigenvalue weighted by Crippen LogP contribution is -2.29.